The summed E-state index contributed by atoms with van der Waals surface area (Å²) in [4.78, 5) is 0. The molecule has 0 radical (unpaired) electrons. The molecule has 0 amide bonds. The first kappa shape index (κ1) is 8.47. The van der Waals surface area contributed by atoms with Gasteiger partial charge in [-0.15, -0.1) is 0 Å². The second-order valence-electron chi connectivity index (χ2n) is 2.40. The monoisotopic (exact) mass is 176 g/mol. The van der Waals surface area contributed by atoms with Crippen molar-refractivity contribution in [2.24, 2.45) is 0 Å². The van der Waals surface area contributed by atoms with Gasteiger partial charge in [0.2, 0.25) is 0 Å². The summed E-state index contributed by atoms with van der Waals surface area (Å²) in [6, 6.07) is 5.69. The Morgan fingerprint density at radius 1 is 1.36 bits per heavy atom. The van der Waals surface area contributed by atoms with Crippen LogP contribution in [0.25, 0.3) is 0 Å². The van der Waals surface area contributed by atoms with E-state index < -0.39 is 5.92 Å². The quantitative estimate of drug-likeness (QED) is 0.615. The molecular weight excluding hydrogens is 170 g/mol. The van der Waals surface area contributed by atoms with Gasteiger partial charge in [0.1, 0.15) is 0 Å². The zero-order valence-electron chi connectivity index (χ0n) is 5.94. The van der Waals surface area contributed by atoms with Gasteiger partial charge in [0.05, 0.1) is 0 Å². The first-order valence-corrected chi connectivity index (χ1v) is 3.52. The van der Waals surface area contributed by atoms with Crippen molar-refractivity contribution < 1.29 is 8.78 Å². The first-order valence-electron chi connectivity index (χ1n) is 3.14. The largest absolute Gasteiger partial charge is 0.270 e. The van der Waals surface area contributed by atoms with Crippen molar-refractivity contribution in [1.82, 2.24) is 0 Å². The third kappa shape index (κ3) is 2.15. The van der Waals surface area contributed by atoms with Gasteiger partial charge in [-0.05, 0) is 12.1 Å². The number of hydrogen-bond donors (Lipinski definition) is 0. The molecule has 60 valence electrons. The van der Waals surface area contributed by atoms with Crippen LogP contribution >= 0.6 is 11.6 Å². The Labute approximate surface area is 68.8 Å². The van der Waals surface area contributed by atoms with E-state index in [-0.39, 0.29) is 5.56 Å². The highest BCUT2D eigenvalue weighted by Gasteiger charge is 2.23. The lowest BCUT2D eigenvalue weighted by Crippen LogP contribution is -2.05. The summed E-state index contributed by atoms with van der Waals surface area (Å²) < 4.78 is 25.2. The predicted octanol–water partition coefficient (Wildman–Crippen LogP) is 3.45. The summed E-state index contributed by atoms with van der Waals surface area (Å²) in [6.45, 7) is 0.846. The van der Waals surface area contributed by atoms with Crippen LogP contribution < -0.4 is 0 Å². The van der Waals surface area contributed by atoms with Crippen LogP contribution in [0.2, 0.25) is 5.02 Å². The van der Waals surface area contributed by atoms with E-state index in [1.54, 1.807) is 6.07 Å². The normalized spacial score (nSPS) is 11.6. The maximum atomic E-state index is 12.6. The Kier molecular flexibility index (Phi) is 2.14. The molecular formula is C8H7ClF2. The van der Waals surface area contributed by atoms with Gasteiger partial charge < -0.3 is 0 Å². The molecule has 0 aliphatic heterocycles. The highest BCUT2D eigenvalue weighted by molar-refractivity contribution is 6.30. The summed E-state index contributed by atoms with van der Waals surface area (Å²) in [7, 11) is 0. The molecule has 0 bridgehead atoms. The van der Waals surface area contributed by atoms with Crippen LogP contribution in [0.4, 0.5) is 8.78 Å². The fourth-order valence-corrected chi connectivity index (χ4v) is 0.952. The fraction of sp³-hybridized carbons (Fsp3) is 0.250. The molecule has 11 heavy (non-hydrogen) atoms. The molecule has 0 nitrogen and oxygen atoms in total. The van der Waals surface area contributed by atoms with Crippen molar-refractivity contribution in [3.8, 4) is 0 Å². The average molecular weight is 177 g/mol. The Bertz CT molecular complexity index is 253. The molecule has 1 aromatic carbocycles. The highest BCUT2D eigenvalue weighted by Crippen LogP contribution is 2.28. The zero-order chi connectivity index (χ0) is 8.48. The van der Waals surface area contributed by atoms with Crippen molar-refractivity contribution in [2.45, 2.75) is 12.8 Å². The van der Waals surface area contributed by atoms with Crippen LogP contribution in [0.5, 0.6) is 0 Å². The van der Waals surface area contributed by atoms with Crippen molar-refractivity contribution >= 4 is 11.6 Å². The third-order valence-corrected chi connectivity index (χ3v) is 1.57. The fourth-order valence-electron chi connectivity index (χ4n) is 0.762. The minimum atomic E-state index is -2.80. The van der Waals surface area contributed by atoms with Crippen molar-refractivity contribution in [3.05, 3.63) is 34.9 Å². The zero-order valence-corrected chi connectivity index (χ0v) is 6.70. The van der Waals surface area contributed by atoms with Crippen LogP contribution in [0, 0.1) is 0 Å². The third-order valence-electron chi connectivity index (χ3n) is 1.33. The second-order valence-corrected chi connectivity index (χ2v) is 2.84. The molecule has 0 saturated heterocycles. The molecule has 0 unspecified atom stereocenters. The van der Waals surface area contributed by atoms with Crippen molar-refractivity contribution in [2.75, 3.05) is 0 Å². The molecule has 0 saturated carbocycles. The molecule has 1 rings (SSSR count). The molecule has 0 atom stereocenters. The predicted molar refractivity (Wildman–Crippen MR) is 41.0 cm³/mol. The van der Waals surface area contributed by atoms with E-state index in [0.29, 0.717) is 5.02 Å². The Hall–Kier alpha value is -0.630. The molecule has 0 aromatic heterocycles. The average Bonchev–Trinajstić information content (AvgIpc) is 1.86. The first-order chi connectivity index (χ1) is 5.00. The molecule has 0 aliphatic rings. The van der Waals surface area contributed by atoms with Crippen LogP contribution in [-0.4, -0.2) is 0 Å². The Morgan fingerprint density at radius 3 is 2.36 bits per heavy atom. The molecule has 3 heteroatoms. The standard InChI is InChI=1S/C8H7ClF2/c1-8(10,11)6-3-2-4-7(9)5-6/h2-5H,1H3. The summed E-state index contributed by atoms with van der Waals surface area (Å²) in [5.74, 6) is -2.80. The van der Waals surface area contributed by atoms with Crippen LogP contribution in [0.3, 0.4) is 0 Å². The van der Waals surface area contributed by atoms with Gasteiger partial charge in [-0.3, -0.25) is 0 Å². The smallest absolute Gasteiger partial charge is 0.202 e. The topological polar surface area (TPSA) is 0 Å². The number of hydrogen-bond acceptors (Lipinski definition) is 0. The molecule has 0 heterocycles. The maximum absolute atomic E-state index is 12.6. The van der Waals surface area contributed by atoms with Crippen LogP contribution in [0.1, 0.15) is 12.5 Å². The van der Waals surface area contributed by atoms with Gasteiger partial charge in [-0.2, -0.15) is 0 Å². The summed E-state index contributed by atoms with van der Waals surface area (Å²) in [5, 5.41) is 0.337. The van der Waals surface area contributed by atoms with Gasteiger partial charge in [0.15, 0.2) is 0 Å². The summed E-state index contributed by atoms with van der Waals surface area (Å²) in [6.07, 6.45) is 0. The molecule has 0 N–H and O–H groups in total. The summed E-state index contributed by atoms with van der Waals surface area (Å²) in [5.41, 5.74) is -0.0509. The van der Waals surface area contributed by atoms with Gasteiger partial charge in [0.25, 0.3) is 5.92 Å². The van der Waals surface area contributed by atoms with E-state index in [0.717, 1.165) is 6.92 Å². The SMILES string of the molecule is CC(F)(F)c1cccc(Cl)c1. The molecule has 0 aliphatic carbocycles. The van der Waals surface area contributed by atoms with Crippen molar-refractivity contribution in [3.63, 3.8) is 0 Å². The lowest BCUT2D eigenvalue weighted by molar-refractivity contribution is 0.0175. The van der Waals surface area contributed by atoms with Crippen molar-refractivity contribution in [1.29, 1.82) is 0 Å². The minimum Gasteiger partial charge on any atom is -0.202 e. The van der Waals surface area contributed by atoms with E-state index in [2.05, 4.69) is 0 Å². The van der Waals surface area contributed by atoms with Gasteiger partial charge >= 0.3 is 0 Å². The Morgan fingerprint density at radius 2 is 2.00 bits per heavy atom. The lowest BCUT2D eigenvalue weighted by atomic mass is 10.1. The van der Waals surface area contributed by atoms with E-state index in [4.69, 9.17) is 11.6 Å². The van der Waals surface area contributed by atoms with Crippen LogP contribution in [-0.2, 0) is 5.92 Å². The van der Waals surface area contributed by atoms with E-state index in [1.165, 1.54) is 18.2 Å². The maximum Gasteiger partial charge on any atom is 0.270 e. The van der Waals surface area contributed by atoms with Gasteiger partial charge in [-0.1, -0.05) is 23.7 Å². The van der Waals surface area contributed by atoms with E-state index in [9.17, 15) is 8.78 Å². The number of alkyl halides is 2. The number of halogens is 3. The molecule has 0 spiro atoms. The van der Waals surface area contributed by atoms with E-state index >= 15 is 0 Å². The number of benzene rings is 1. The van der Waals surface area contributed by atoms with E-state index in [1.807, 2.05) is 0 Å². The Balaban J connectivity index is 3.06. The second kappa shape index (κ2) is 2.78. The van der Waals surface area contributed by atoms with Crippen LogP contribution in [0.15, 0.2) is 24.3 Å². The molecule has 1 aromatic rings. The molecule has 0 fully saturated rings. The lowest BCUT2D eigenvalue weighted by Gasteiger charge is -2.09. The van der Waals surface area contributed by atoms with Gasteiger partial charge in [-0.25, -0.2) is 8.78 Å². The minimum absolute atomic E-state index is 0.0509. The highest BCUT2D eigenvalue weighted by atomic mass is 35.5. The summed E-state index contributed by atoms with van der Waals surface area (Å²) >= 11 is 5.52. The van der Waals surface area contributed by atoms with Gasteiger partial charge in [0, 0.05) is 17.5 Å². The number of rotatable bonds is 1.